The first-order valence-electron chi connectivity index (χ1n) is 3.82. The Morgan fingerprint density at radius 1 is 1.18 bits per heavy atom. The van der Waals surface area contributed by atoms with Crippen LogP contribution in [-0.4, -0.2) is 9.52 Å². The fraction of sp³-hybridized carbons (Fsp3) is 0.200. The number of rotatable bonds is 0. The largest absolute Gasteiger partial charge is 0.116 e. The molecular weight excluding hydrogens is 148 g/mol. The van der Waals surface area contributed by atoms with E-state index in [0.717, 1.165) is 9.52 Å². The van der Waals surface area contributed by atoms with E-state index in [-0.39, 0.29) is 0 Å². The summed E-state index contributed by atoms with van der Waals surface area (Å²) in [5, 5.41) is 3.01. The van der Waals surface area contributed by atoms with Crippen molar-refractivity contribution in [1.29, 1.82) is 0 Å². The maximum Gasteiger partial charge on any atom is 0.116 e. The van der Waals surface area contributed by atoms with Gasteiger partial charge in [0.2, 0.25) is 0 Å². The van der Waals surface area contributed by atoms with E-state index in [4.69, 9.17) is 0 Å². The first-order chi connectivity index (χ1) is 5.25. The van der Waals surface area contributed by atoms with Gasteiger partial charge in [-0.25, -0.2) is 0 Å². The molecule has 0 aliphatic carbocycles. The Morgan fingerprint density at radius 3 is 2.82 bits per heavy atom. The molecule has 1 aromatic rings. The van der Waals surface area contributed by atoms with Gasteiger partial charge in [-0.2, -0.15) is 0 Å². The summed E-state index contributed by atoms with van der Waals surface area (Å²) in [6.45, 7) is 4.35. The zero-order valence-electron chi connectivity index (χ0n) is 6.81. The molecule has 54 valence electrons. The molecule has 0 amide bonds. The molecule has 0 fully saturated rings. The minimum atomic E-state index is 0.911. The van der Waals surface area contributed by atoms with Gasteiger partial charge in [0.1, 0.15) is 9.52 Å². The Labute approximate surface area is 69.8 Å². The summed E-state index contributed by atoms with van der Waals surface area (Å²) in [7, 11) is 0.911. The van der Waals surface area contributed by atoms with E-state index in [0.29, 0.717) is 0 Å². The van der Waals surface area contributed by atoms with E-state index in [1.807, 2.05) is 0 Å². The number of benzene rings is 1. The highest BCUT2D eigenvalue weighted by Gasteiger charge is 2.09. The number of hydrogen-bond donors (Lipinski definition) is 0. The Bertz CT molecular complexity index is 324. The van der Waals surface area contributed by atoms with Gasteiger partial charge in [-0.15, -0.1) is 0 Å². The van der Waals surface area contributed by atoms with Crippen molar-refractivity contribution < 1.29 is 0 Å². The van der Waals surface area contributed by atoms with Gasteiger partial charge in [0.05, 0.1) is 0 Å². The second kappa shape index (κ2) is 2.34. The number of hydrogen-bond acceptors (Lipinski definition) is 0. The summed E-state index contributed by atoms with van der Waals surface area (Å²) in [6.07, 6.45) is 2.29. The standard InChI is InChI=1S/C10H10Si/c1-7-3-4-10-9(5-7)6-8(2)11-10/h3-6H,1-2H3. The van der Waals surface area contributed by atoms with Crippen LogP contribution in [0.1, 0.15) is 18.1 Å². The molecule has 2 rings (SSSR count). The summed E-state index contributed by atoms with van der Waals surface area (Å²) < 4.78 is 0. The van der Waals surface area contributed by atoms with Crippen LogP contribution in [0.15, 0.2) is 23.4 Å². The molecule has 11 heavy (non-hydrogen) atoms. The van der Waals surface area contributed by atoms with Crippen molar-refractivity contribution in [3.63, 3.8) is 0 Å². The second-order valence-corrected chi connectivity index (χ2v) is 4.62. The lowest BCUT2D eigenvalue weighted by atomic mass is 10.1. The molecule has 0 atom stereocenters. The lowest BCUT2D eigenvalue weighted by Gasteiger charge is -1.97. The summed E-state index contributed by atoms with van der Waals surface area (Å²) in [5.74, 6) is 0. The first-order valence-corrected chi connectivity index (χ1v) is 4.82. The van der Waals surface area contributed by atoms with E-state index < -0.39 is 0 Å². The van der Waals surface area contributed by atoms with Crippen LogP contribution in [0.25, 0.3) is 6.08 Å². The Balaban J connectivity index is 2.54. The molecule has 0 bridgehead atoms. The molecule has 1 heteroatoms. The molecule has 0 nitrogen and oxygen atoms in total. The van der Waals surface area contributed by atoms with Gasteiger partial charge in [0.15, 0.2) is 0 Å². The van der Waals surface area contributed by atoms with Crippen molar-refractivity contribution in [3.05, 3.63) is 34.5 Å². The highest BCUT2D eigenvalue weighted by atomic mass is 28.2. The molecule has 0 saturated carbocycles. The van der Waals surface area contributed by atoms with Gasteiger partial charge in [-0.05, 0) is 19.4 Å². The summed E-state index contributed by atoms with van der Waals surface area (Å²) in [6, 6.07) is 6.70. The maximum atomic E-state index is 2.29. The van der Waals surface area contributed by atoms with Crippen molar-refractivity contribution in [2.45, 2.75) is 13.8 Å². The van der Waals surface area contributed by atoms with Gasteiger partial charge >= 0.3 is 0 Å². The van der Waals surface area contributed by atoms with Crippen LogP contribution < -0.4 is 5.19 Å². The normalized spacial score (nSPS) is 14.5. The third-order valence-corrected chi connectivity index (χ3v) is 3.17. The maximum absolute atomic E-state index is 2.29. The van der Waals surface area contributed by atoms with Crippen molar-refractivity contribution in [1.82, 2.24) is 0 Å². The molecule has 1 heterocycles. The van der Waals surface area contributed by atoms with E-state index in [2.05, 4.69) is 38.1 Å². The topological polar surface area (TPSA) is 0 Å². The van der Waals surface area contributed by atoms with Gasteiger partial charge in [0, 0.05) is 0 Å². The first kappa shape index (κ1) is 6.86. The SMILES string of the molecule is CC1=Cc2cc(C)ccc2[Si]1. The lowest BCUT2D eigenvalue weighted by Crippen LogP contribution is -2.12. The third kappa shape index (κ3) is 1.16. The average molecular weight is 158 g/mol. The van der Waals surface area contributed by atoms with Crippen LogP contribution in [0.3, 0.4) is 0 Å². The van der Waals surface area contributed by atoms with Crippen LogP contribution >= 0.6 is 0 Å². The summed E-state index contributed by atoms with van der Waals surface area (Å²) in [4.78, 5) is 0. The number of allylic oxidation sites excluding steroid dienone is 1. The van der Waals surface area contributed by atoms with E-state index in [1.165, 1.54) is 21.5 Å². The smallest absolute Gasteiger partial charge is 0.0818 e. The molecule has 1 aliphatic heterocycles. The van der Waals surface area contributed by atoms with Gasteiger partial charge in [0.25, 0.3) is 0 Å². The summed E-state index contributed by atoms with van der Waals surface area (Å²) >= 11 is 0. The predicted molar refractivity (Wildman–Crippen MR) is 50.2 cm³/mol. The van der Waals surface area contributed by atoms with Crippen LogP contribution in [-0.2, 0) is 0 Å². The fourth-order valence-electron chi connectivity index (χ4n) is 1.40. The second-order valence-electron chi connectivity index (χ2n) is 3.04. The molecule has 0 unspecified atom stereocenters. The van der Waals surface area contributed by atoms with Crippen molar-refractivity contribution in [2.24, 2.45) is 0 Å². The quantitative estimate of drug-likeness (QED) is 0.504. The molecule has 1 aromatic carbocycles. The molecule has 2 radical (unpaired) electrons. The molecule has 1 aliphatic rings. The highest BCUT2D eigenvalue weighted by Crippen LogP contribution is 2.12. The van der Waals surface area contributed by atoms with Crippen LogP contribution in [0.2, 0.25) is 0 Å². The van der Waals surface area contributed by atoms with Crippen LogP contribution in [0.5, 0.6) is 0 Å². The van der Waals surface area contributed by atoms with Gasteiger partial charge < -0.3 is 0 Å². The average Bonchev–Trinajstić information content (AvgIpc) is 2.27. The van der Waals surface area contributed by atoms with E-state index in [9.17, 15) is 0 Å². The summed E-state index contributed by atoms with van der Waals surface area (Å²) in [5.41, 5.74) is 2.79. The lowest BCUT2D eigenvalue weighted by molar-refractivity contribution is 1.48. The molecule has 0 spiro atoms. The highest BCUT2D eigenvalue weighted by molar-refractivity contribution is 6.65. The number of aryl methyl sites for hydroxylation is 1. The van der Waals surface area contributed by atoms with Crippen molar-refractivity contribution in [2.75, 3.05) is 0 Å². The van der Waals surface area contributed by atoms with Gasteiger partial charge in [-0.1, -0.05) is 40.2 Å². The van der Waals surface area contributed by atoms with Gasteiger partial charge in [-0.3, -0.25) is 0 Å². The van der Waals surface area contributed by atoms with Crippen molar-refractivity contribution in [3.8, 4) is 0 Å². The fourth-order valence-corrected chi connectivity index (χ4v) is 2.51. The Morgan fingerprint density at radius 2 is 2.00 bits per heavy atom. The minimum absolute atomic E-state index is 0.911. The third-order valence-electron chi connectivity index (χ3n) is 1.91. The Hall–Kier alpha value is -0.823. The van der Waals surface area contributed by atoms with Crippen LogP contribution in [0.4, 0.5) is 0 Å². The molecule has 0 N–H and O–H groups in total. The van der Waals surface area contributed by atoms with E-state index in [1.54, 1.807) is 0 Å². The molecular formula is C10H10Si. The molecule has 0 saturated heterocycles. The van der Waals surface area contributed by atoms with E-state index >= 15 is 0 Å². The predicted octanol–water partition coefficient (Wildman–Crippen LogP) is 1.70. The molecule has 0 aromatic heterocycles. The van der Waals surface area contributed by atoms with Crippen molar-refractivity contribution >= 4 is 20.8 Å². The monoisotopic (exact) mass is 158 g/mol. The zero-order valence-corrected chi connectivity index (χ0v) is 7.81. The number of fused-ring (bicyclic) bond motifs is 1. The van der Waals surface area contributed by atoms with Crippen LogP contribution in [0, 0.1) is 6.92 Å². The zero-order chi connectivity index (χ0) is 7.84. The minimum Gasteiger partial charge on any atom is -0.0818 e. The Kier molecular flexibility index (Phi) is 1.46.